The molecule has 1 aromatic heterocycles. The molecule has 2 aliphatic rings. The molecule has 37 heavy (non-hydrogen) atoms. The first-order valence-corrected chi connectivity index (χ1v) is 13.2. The first-order chi connectivity index (χ1) is 17.9. The Kier molecular flexibility index (Phi) is 9.37. The summed E-state index contributed by atoms with van der Waals surface area (Å²) < 4.78 is 19.9. The van der Waals surface area contributed by atoms with Crippen molar-refractivity contribution in [1.82, 2.24) is 25.1 Å². The van der Waals surface area contributed by atoms with Crippen LogP contribution in [0.2, 0.25) is 0 Å². The largest absolute Gasteiger partial charge is 0.494 e. The van der Waals surface area contributed by atoms with Crippen molar-refractivity contribution in [1.29, 1.82) is 0 Å². The summed E-state index contributed by atoms with van der Waals surface area (Å²) >= 11 is 0. The molecule has 0 bridgehead atoms. The first-order valence-electron chi connectivity index (χ1n) is 13.2. The van der Waals surface area contributed by atoms with Gasteiger partial charge in [-0.05, 0) is 81.1 Å². The number of hydrogen-bond acceptors (Lipinski definition) is 8. The number of aryl methyl sites for hydroxylation is 2. The van der Waals surface area contributed by atoms with Gasteiger partial charge in [-0.1, -0.05) is 13.0 Å². The molecule has 4 rings (SSSR count). The van der Waals surface area contributed by atoms with Crippen molar-refractivity contribution in [3.63, 3.8) is 0 Å². The van der Waals surface area contributed by atoms with Crippen molar-refractivity contribution in [2.75, 3.05) is 40.3 Å². The lowest BCUT2D eigenvalue weighted by Gasteiger charge is -2.42. The van der Waals surface area contributed by atoms with Crippen LogP contribution in [0.25, 0.3) is 0 Å². The number of hydrogen-bond donors (Lipinski definition) is 2. The van der Waals surface area contributed by atoms with E-state index in [1.807, 2.05) is 0 Å². The fourth-order valence-electron chi connectivity index (χ4n) is 5.17. The van der Waals surface area contributed by atoms with Gasteiger partial charge in [0.2, 0.25) is 5.95 Å². The van der Waals surface area contributed by atoms with Gasteiger partial charge in [0.05, 0.1) is 7.11 Å². The second-order valence-electron chi connectivity index (χ2n) is 9.82. The molecule has 1 aliphatic carbocycles. The van der Waals surface area contributed by atoms with E-state index >= 15 is 0 Å². The maximum atomic E-state index is 14.8. The van der Waals surface area contributed by atoms with E-state index in [4.69, 9.17) is 4.74 Å². The minimum Gasteiger partial charge on any atom is -0.494 e. The Hall–Kier alpha value is -2.72. The number of nitrogens with one attached hydrogen (secondary N) is 1. The average molecular weight is 511 g/mol. The smallest absolute Gasteiger partial charge is 0.249 e. The predicted octanol–water partition coefficient (Wildman–Crippen LogP) is 3.44. The van der Waals surface area contributed by atoms with E-state index < -0.39 is 12.0 Å². The summed E-state index contributed by atoms with van der Waals surface area (Å²) in [6.07, 6.45) is 9.94. The predicted molar refractivity (Wildman–Crippen MR) is 144 cm³/mol. The van der Waals surface area contributed by atoms with Gasteiger partial charge in [-0.15, -0.1) is 0 Å². The topological polar surface area (TPSA) is 86.1 Å². The number of aliphatic hydroxyl groups is 1. The third kappa shape index (κ3) is 6.78. The van der Waals surface area contributed by atoms with Crippen molar-refractivity contribution in [2.24, 2.45) is 4.99 Å². The van der Waals surface area contributed by atoms with Crippen LogP contribution in [0.1, 0.15) is 49.6 Å². The van der Waals surface area contributed by atoms with Crippen molar-refractivity contribution in [2.45, 2.75) is 57.8 Å². The van der Waals surface area contributed by atoms with Crippen LogP contribution >= 0.6 is 0 Å². The average Bonchev–Trinajstić information content (AvgIpc) is 2.93. The maximum absolute atomic E-state index is 14.8. The Morgan fingerprint density at radius 3 is 2.65 bits per heavy atom. The minimum absolute atomic E-state index is 0.115. The molecule has 1 saturated heterocycles. The lowest BCUT2D eigenvalue weighted by Crippen LogP contribution is -2.54. The molecule has 2 aromatic rings. The van der Waals surface area contributed by atoms with E-state index in [0.717, 1.165) is 50.3 Å². The molecule has 9 heteroatoms. The van der Waals surface area contributed by atoms with Crippen LogP contribution in [0.5, 0.6) is 5.75 Å². The standard InChI is InChI=1S/C28H39FN6O2/c1-5-34-12-13-35(18-19(34)2)24-10-8-23(9-11-24)33-28-31-16-20(17-32-28)6-7-21-14-22(27(36)30-3)15-25(37-4)26(21)29/h8,10,14-17,19,24,27,30,36H,5-7,9,11-13,18H2,1-4H3. The molecular formula is C28H39FN6O2. The molecular weight excluding hydrogens is 471 g/mol. The molecule has 1 fully saturated rings. The van der Waals surface area contributed by atoms with Gasteiger partial charge in [0.1, 0.15) is 6.23 Å². The molecule has 0 amide bonds. The molecule has 3 unspecified atom stereocenters. The molecule has 8 nitrogen and oxygen atoms in total. The minimum atomic E-state index is -0.895. The van der Waals surface area contributed by atoms with Crippen LogP contribution in [0, 0.1) is 5.82 Å². The van der Waals surface area contributed by atoms with Crippen LogP contribution in [-0.4, -0.2) is 83.0 Å². The zero-order valence-corrected chi connectivity index (χ0v) is 22.3. The zero-order valence-electron chi connectivity index (χ0n) is 22.3. The summed E-state index contributed by atoms with van der Waals surface area (Å²) in [7, 11) is 3.06. The number of benzene rings is 1. The van der Waals surface area contributed by atoms with E-state index in [1.165, 1.54) is 13.2 Å². The molecule has 200 valence electrons. The Bertz CT molecular complexity index is 1110. The molecule has 3 atom stereocenters. The molecule has 2 N–H and O–H groups in total. The quantitative estimate of drug-likeness (QED) is 0.500. The number of aliphatic hydroxyl groups excluding tert-OH is 1. The highest BCUT2D eigenvalue weighted by molar-refractivity contribution is 5.97. The number of methoxy groups -OCH3 is 1. The molecule has 1 aliphatic heterocycles. The SMILES string of the molecule is CCN1CCN(C2C=CC(=Nc3ncc(CCc4cc(C(O)NC)cc(OC)c4F)cn3)CC2)CC1C. The van der Waals surface area contributed by atoms with Crippen LogP contribution < -0.4 is 10.1 Å². The molecule has 1 aromatic carbocycles. The number of aliphatic imine (C=N–C) groups is 1. The van der Waals surface area contributed by atoms with E-state index in [0.29, 0.717) is 42.0 Å². The summed E-state index contributed by atoms with van der Waals surface area (Å²) in [6.45, 7) is 9.02. The lowest BCUT2D eigenvalue weighted by molar-refractivity contribution is 0.0692. The van der Waals surface area contributed by atoms with E-state index in [2.05, 4.69) is 56.1 Å². The highest BCUT2D eigenvalue weighted by Gasteiger charge is 2.27. The summed E-state index contributed by atoms with van der Waals surface area (Å²) in [5.74, 6) is 0.145. The van der Waals surface area contributed by atoms with E-state index in [9.17, 15) is 9.50 Å². The fraction of sp³-hybridized carbons (Fsp3) is 0.536. The van der Waals surface area contributed by atoms with Gasteiger partial charge in [-0.2, -0.15) is 0 Å². The monoisotopic (exact) mass is 510 g/mol. The number of likely N-dealkylation sites (N-methyl/N-ethyl adjacent to an activating group) is 1. The second-order valence-corrected chi connectivity index (χ2v) is 9.82. The van der Waals surface area contributed by atoms with Gasteiger partial charge in [0.15, 0.2) is 11.6 Å². The molecule has 2 heterocycles. The lowest BCUT2D eigenvalue weighted by atomic mass is 9.98. The fourth-order valence-corrected chi connectivity index (χ4v) is 5.17. The normalized spacial score (nSPS) is 22.9. The second kappa shape index (κ2) is 12.7. The van der Waals surface area contributed by atoms with Gasteiger partial charge in [-0.3, -0.25) is 15.1 Å². The molecule has 0 radical (unpaired) electrons. The third-order valence-electron chi connectivity index (χ3n) is 7.44. The van der Waals surface area contributed by atoms with Crippen LogP contribution in [0.3, 0.4) is 0 Å². The number of rotatable bonds is 9. The summed E-state index contributed by atoms with van der Waals surface area (Å²) in [5, 5.41) is 12.8. The Morgan fingerprint density at radius 2 is 2.03 bits per heavy atom. The summed E-state index contributed by atoms with van der Waals surface area (Å²) in [4.78, 5) is 18.6. The molecule has 0 spiro atoms. The summed E-state index contributed by atoms with van der Waals surface area (Å²) in [5.41, 5.74) is 2.92. The van der Waals surface area contributed by atoms with E-state index in [1.54, 1.807) is 25.5 Å². The van der Waals surface area contributed by atoms with Crippen molar-refractivity contribution in [3.8, 4) is 5.75 Å². The highest BCUT2D eigenvalue weighted by atomic mass is 19.1. The van der Waals surface area contributed by atoms with Crippen LogP contribution in [0.15, 0.2) is 41.7 Å². The van der Waals surface area contributed by atoms with Crippen molar-refractivity contribution >= 4 is 11.7 Å². The number of ether oxygens (including phenoxy) is 1. The van der Waals surface area contributed by atoms with Gasteiger partial charge < -0.3 is 9.84 Å². The zero-order chi connectivity index (χ0) is 26.4. The number of allylic oxidation sites excluding steroid dienone is 1. The number of nitrogens with zero attached hydrogens (tertiary/aromatic N) is 5. The van der Waals surface area contributed by atoms with Gasteiger partial charge in [0.25, 0.3) is 0 Å². The maximum Gasteiger partial charge on any atom is 0.249 e. The molecule has 0 saturated carbocycles. The summed E-state index contributed by atoms with van der Waals surface area (Å²) in [6, 6.07) is 4.23. The Morgan fingerprint density at radius 1 is 1.24 bits per heavy atom. The Labute approximate surface area is 219 Å². The van der Waals surface area contributed by atoms with Gasteiger partial charge in [-0.25, -0.2) is 19.4 Å². The Balaban J connectivity index is 1.35. The number of halogens is 1. The van der Waals surface area contributed by atoms with Crippen LogP contribution in [0.4, 0.5) is 10.3 Å². The number of piperazine rings is 1. The van der Waals surface area contributed by atoms with Gasteiger partial charge in [0, 0.05) is 49.8 Å². The van der Waals surface area contributed by atoms with Crippen molar-refractivity contribution < 1.29 is 14.2 Å². The first kappa shape index (κ1) is 27.3. The van der Waals surface area contributed by atoms with Gasteiger partial charge >= 0.3 is 0 Å². The van der Waals surface area contributed by atoms with Crippen molar-refractivity contribution in [3.05, 3.63) is 59.2 Å². The number of aromatic nitrogens is 2. The van der Waals surface area contributed by atoms with E-state index in [-0.39, 0.29) is 5.75 Å². The van der Waals surface area contributed by atoms with Crippen LogP contribution in [-0.2, 0) is 12.8 Å². The highest BCUT2D eigenvalue weighted by Crippen LogP contribution is 2.27. The third-order valence-corrected chi connectivity index (χ3v) is 7.44.